The Morgan fingerprint density at radius 3 is 2.68 bits per heavy atom. The van der Waals surface area contributed by atoms with Gasteiger partial charge in [0.25, 0.3) is 5.91 Å². The Labute approximate surface area is 122 Å². The Morgan fingerprint density at radius 2 is 2.16 bits per heavy atom. The fourth-order valence-corrected chi connectivity index (χ4v) is 3.01. The highest BCUT2D eigenvalue weighted by Gasteiger charge is 2.31. The zero-order chi connectivity index (χ0) is 14.2. The van der Waals surface area contributed by atoms with Crippen LogP contribution in [0, 0.1) is 5.92 Å². The number of nitrogens with zero attached hydrogens (tertiary/aromatic N) is 2. The van der Waals surface area contributed by atoms with Crippen LogP contribution >= 0.6 is 15.9 Å². The van der Waals surface area contributed by atoms with E-state index in [1.165, 1.54) is 0 Å². The number of rotatable bonds is 3. The zero-order valence-electron chi connectivity index (χ0n) is 11.6. The summed E-state index contributed by atoms with van der Waals surface area (Å²) in [6.45, 7) is 7.30. The third-order valence-corrected chi connectivity index (χ3v) is 4.22. The number of likely N-dealkylation sites (tertiary alicyclic amines) is 1. The lowest BCUT2D eigenvalue weighted by atomic mass is 10.0. The van der Waals surface area contributed by atoms with E-state index in [0.717, 1.165) is 17.4 Å². The SMILES string of the molecule is CC(O)C1CCN(C(=O)c2cc(Br)cn2C(C)C)C1. The lowest BCUT2D eigenvalue weighted by molar-refractivity contribution is 0.0750. The lowest BCUT2D eigenvalue weighted by Crippen LogP contribution is -2.32. The Bertz CT molecular complexity index is 468. The summed E-state index contributed by atoms with van der Waals surface area (Å²) in [5, 5.41) is 9.62. The van der Waals surface area contributed by atoms with Crippen molar-refractivity contribution in [2.45, 2.75) is 39.3 Å². The summed E-state index contributed by atoms with van der Waals surface area (Å²) in [5.41, 5.74) is 0.716. The largest absolute Gasteiger partial charge is 0.393 e. The molecule has 0 bridgehead atoms. The van der Waals surface area contributed by atoms with Crippen LogP contribution in [0.2, 0.25) is 0 Å². The number of hydrogen-bond acceptors (Lipinski definition) is 2. The summed E-state index contributed by atoms with van der Waals surface area (Å²) in [5.74, 6) is 0.261. The monoisotopic (exact) mass is 328 g/mol. The van der Waals surface area contributed by atoms with Crippen molar-refractivity contribution in [3.05, 3.63) is 22.4 Å². The molecular weight excluding hydrogens is 308 g/mol. The van der Waals surface area contributed by atoms with Crippen LogP contribution in [0.5, 0.6) is 0 Å². The second-order valence-electron chi connectivity index (χ2n) is 5.59. The van der Waals surface area contributed by atoms with Crippen molar-refractivity contribution in [2.24, 2.45) is 5.92 Å². The van der Waals surface area contributed by atoms with Gasteiger partial charge in [-0.15, -0.1) is 0 Å². The van der Waals surface area contributed by atoms with Crippen LogP contribution in [0.1, 0.15) is 43.7 Å². The molecule has 1 aromatic heterocycles. The lowest BCUT2D eigenvalue weighted by Gasteiger charge is -2.20. The second kappa shape index (κ2) is 5.67. The van der Waals surface area contributed by atoms with Crippen LogP contribution in [-0.2, 0) is 0 Å². The normalized spacial score (nSPS) is 21.2. The maximum absolute atomic E-state index is 12.6. The molecule has 1 aliphatic rings. The molecule has 2 heterocycles. The highest BCUT2D eigenvalue weighted by molar-refractivity contribution is 9.10. The van der Waals surface area contributed by atoms with Gasteiger partial charge in [-0.2, -0.15) is 0 Å². The second-order valence-corrected chi connectivity index (χ2v) is 6.50. The van der Waals surface area contributed by atoms with Gasteiger partial charge in [-0.1, -0.05) is 0 Å². The number of aliphatic hydroxyl groups is 1. The van der Waals surface area contributed by atoms with Crippen molar-refractivity contribution in [1.29, 1.82) is 0 Å². The van der Waals surface area contributed by atoms with Crippen LogP contribution in [0.15, 0.2) is 16.7 Å². The minimum atomic E-state index is -0.346. The molecule has 0 aromatic carbocycles. The zero-order valence-corrected chi connectivity index (χ0v) is 13.2. The van der Waals surface area contributed by atoms with Crippen molar-refractivity contribution in [2.75, 3.05) is 13.1 Å². The van der Waals surface area contributed by atoms with E-state index in [1.807, 2.05) is 21.7 Å². The van der Waals surface area contributed by atoms with Gasteiger partial charge in [0.1, 0.15) is 5.69 Å². The topological polar surface area (TPSA) is 45.5 Å². The molecule has 2 rings (SSSR count). The Hall–Kier alpha value is -0.810. The highest BCUT2D eigenvalue weighted by atomic mass is 79.9. The van der Waals surface area contributed by atoms with E-state index in [9.17, 15) is 9.90 Å². The van der Waals surface area contributed by atoms with Gasteiger partial charge in [0.15, 0.2) is 0 Å². The third-order valence-electron chi connectivity index (χ3n) is 3.78. The summed E-state index contributed by atoms with van der Waals surface area (Å²) < 4.78 is 2.91. The summed E-state index contributed by atoms with van der Waals surface area (Å²) >= 11 is 3.43. The predicted octanol–water partition coefficient (Wildman–Crippen LogP) is 2.67. The summed E-state index contributed by atoms with van der Waals surface area (Å²) in [6.07, 6.45) is 2.48. The van der Waals surface area contributed by atoms with Crippen LogP contribution in [-0.4, -0.2) is 39.7 Å². The molecule has 1 saturated heterocycles. The quantitative estimate of drug-likeness (QED) is 0.927. The number of hydrogen-bond donors (Lipinski definition) is 1. The molecule has 1 N–H and O–H groups in total. The molecule has 1 aromatic rings. The standard InChI is InChI=1S/C14H21BrN2O2/c1-9(2)17-8-12(15)6-13(17)14(19)16-5-4-11(7-16)10(3)18/h6,8-11,18H,4-5,7H2,1-3H3. The minimum Gasteiger partial charge on any atom is -0.393 e. The third kappa shape index (κ3) is 3.03. The Morgan fingerprint density at radius 1 is 1.47 bits per heavy atom. The van der Waals surface area contributed by atoms with E-state index >= 15 is 0 Å². The van der Waals surface area contributed by atoms with Crippen molar-refractivity contribution in [3.63, 3.8) is 0 Å². The summed E-state index contributed by atoms with van der Waals surface area (Å²) in [6, 6.07) is 2.12. The maximum Gasteiger partial charge on any atom is 0.270 e. The van der Waals surface area contributed by atoms with Gasteiger partial charge in [0.05, 0.1) is 6.10 Å². The van der Waals surface area contributed by atoms with Gasteiger partial charge in [0, 0.05) is 35.7 Å². The molecule has 2 unspecified atom stereocenters. The van der Waals surface area contributed by atoms with Crippen LogP contribution < -0.4 is 0 Å². The smallest absolute Gasteiger partial charge is 0.270 e. The van der Waals surface area contributed by atoms with Crippen LogP contribution in [0.3, 0.4) is 0 Å². The first-order chi connectivity index (χ1) is 8.90. The molecule has 19 heavy (non-hydrogen) atoms. The highest BCUT2D eigenvalue weighted by Crippen LogP contribution is 2.25. The first-order valence-electron chi connectivity index (χ1n) is 6.75. The van der Waals surface area contributed by atoms with E-state index in [0.29, 0.717) is 12.2 Å². The van der Waals surface area contributed by atoms with E-state index < -0.39 is 0 Å². The van der Waals surface area contributed by atoms with Crippen molar-refractivity contribution in [3.8, 4) is 0 Å². The van der Waals surface area contributed by atoms with Gasteiger partial charge in [-0.25, -0.2) is 0 Å². The number of carbonyl (C=O) groups excluding carboxylic acids is 1. The molecule has 5 heteroatoms. The number of aliphatic hydroxyl groups excluding tert-OH is 1. The fourth-order valence-electron chi connectivity index (χ4n) is 2.57. The van der Waals surface area contributed by atoms with Crippen LogP contribution in [0.4, 0.5) is 0 Å². The molecule has 1 aliphatic heterocycles. The average Bonchev–Trinajstić information content (AvgIpc) is 2.94. The average molecular weight is 329 g/mol. The number of halogens is 1. The molecule has 0 saturated carbocycles. The molecular formula is C14H21BrN2O2. The van der Waals surface area contributed by atoms with Gasteiger partial charge in [-0.05, 0) is 49.2 Å². The van der Waals surface area contributed by atoms with E-state index in [-0.39, 0.29) is 24.0 Å². The fraction of sp³-hybridized carbons (Fsp3) is 0.643. The Kier molecular flexibility index (Phi) is 4.36. The minimum absolute atomic E-state index is 0.0579. The molecule has 0 spiro atoms. The van der Waals surface area contributed by atoms with Gasteiger partial charge < -0.3 is 14.6 Å². The Balaban J connectivity index is 2.17. The first kappa shape index (κ1) is 14.6. The summed E-state index contributed by atoms with van der Waals surface area (Å²) in [4.78, 5) is 14.4. The molecule has 0 radical (unpaired) electrons. The van der Waals surface area contributed by atoms with Crippen molar-refractivity contribution in [1.82, 2.24) is 9.47 Å². The maximum atomic E-state index is 12.6. The van der Waals surface area contributed by atoms with Gasteiger partial charge in [0.2, 0.25) is 0 Å². The first-order valence-corrected chi connectivity index (χ1v) is 7.54. The van der Waals surface area contributed by atoms with Crippen LogP contribution in [0.25, 0.3) is 0 Å². The van der Waals surface area contributed by atoms with E-state index in [2.05, 4.69) is 29.8 Å². The van der Waals surface area contributed by atoms with Crippen molar-refractivity contribution < 1.29 is 9.90 Å². The molecule has 1 amide bonds. The molecule has 106 valence electrons. The van der Waals surface area contributed by atoms with E-state index in [1.54, 1.807) is 6.92 Å². The molecule has 2 atom stereocenters. The number of carbonyl (C=O) groups is 1. The summed E-state index contributed by atoms with van der Waals surface area (Å²) in [7, 11) is 0. The van der Waals surface area contributed by atoms with Crippen molar-refractivity contribution >= 4 is 21.8 Å². The van der Waals surface area contributed by atoms with Gasteiger partial charge in [-0.3, -0.25) is 4.79 Å². The number of aromatic nitrogens is 1. The number of amides is 1. The van der Waals surface area contributed by atoms with E-state index in [4.69, 9.17) is 0 Å². The molecule has 4 nitrogen and oxygen atoms in total. The predicted molar refractivity (Wildman–Crippen MR) is 78.2 cm³/mol. The van der Waals surface area contributed by atoms with Gasteiger partial charge >= 0.3 is 0 Å². The molecule has 1 fully saturated rings. The molecule has 0 aliphatic carbocycles.